The quantitative estimate of drug-likeness (QED) is 0.240. The Hall–Kier alpha value is -3.76. The lowest BCUT2D eigenvalue weighted by Gasteiger charge is -2.33. The summed E-state index contributed by atoms with van der Waals surface area (Å²) in [7, 11) is -1.43. The third kappa shape index (κ3) is 8.45. The number of carbonyl (C=O) groups is 2. The molecule has 0 unspecified atom stereocenters. The molecule has 0 aliphatic heterocycles. The minimum absolute atomic E-state index is 0.0171. The Balaban J connectivity index is 2.14. The molecule has 3 aromatic carbocycles. The predicted molar refractivity (Wildman–Crippen MR) is 174 cm³/mol. The van der Waals surface area contributed by atoms with Gasteiger partial charge in [0.05, 0.1) is 24.8 Å². The zero-order chi connectivity index (χ0) is 32.6. The van der Waals surface area contributed by atoms with Gasteiger partial charge in [0, 0.05) is 24.2 Å². The fraction of sp³-hybridized carbons (Fsp3) is 0.394. The number of sulfonamides is 1. The van der Waals surface area contributed by atoms with Crippen LogP contribution in [0.5, 0.6) is 11.5 Å². The molecular formula is C33H42ClN3O6S. The molecule has 0 spiro atoms. The van der Waals surface area contributed by atoms with Crippen molar-refractivity contribution in [1.82, 2.24) is 10.2 Å². The summed E-state index contributed by atoms with van der Waals surface area (Å²) < 4.78 is 40.3. The summed E-state index contributed by atoms with van der Waals surface area (Å²) >= 11 is 6.48. The van der Waals surface area contributed by atoms with Gasteiger partial charge in [0.25, 0.3) is 10.0 Å². The van der Waals surface area contributed by atoms with Crippen molar-refractivity contribution in [3.8, 4) is 11.5 Å². The largest absolute Gasteiger partial charge is 0.493 e. The van der Waals surface area contributed by atoms with Crippen LogP contribution in [0.1, 0.15) is 43.9 Å². The van der Waals surface area contributed by atoms with Crippen molar-refractivity contribution in [1.29, 1.82) is 0 Å². The summed E-state index contributed by atoms with van der Waals surface area (Å²) in [5.41, 5.74) is 2.61. The molecule has 0 bridgehead atoms. The highest BCUT2D eigenvalue weighted by atomic mass is 35.5. The maximum absolute atomic E-state index is 14.3. The minimum atomic E-state index is -4.31. The zero-order valence-corrected chi connectivity index (χ0v) is 28.0. The molecular weight excluding hydrogens is 602 g/mol. The van der Waals surface area contributed by atoms with Crippen molar-refractivity contribution in [2.75, 3.05) is 31.6 Å². The second-order valence-electron chi connectivity index (χ2n) is 11.1. The number of ether oxygens (including phenoxy) is 2. The lowest BCUT2D eigenvalue weighted by atomic mass is 10.1. The maximum Gasteiger partial charge on any atom is 0.264 e. The van der Waals surface area contributed by atoms with Gasteiger partial charge >= 0.3 is 0 Å². The normalized spacial score (nSPS) is 12.0. The first-order valence-corrected chi connectivity index (χ1v) is 16.3. The molecule has 0 heterocycles. The lowest BCUT2D eigenvalue weighted by molar-refractivity contribution is -0.140. The van der Waals surface area contributed by atoms with Crippen LogP contribution in [0.15, 0.2) is 65.6 Å². The van der Waals surface area contributed by atoms with E-state index in [2.05, 4.69) is 5.32 Å². The molecule has 0 aromatic heterocycles. The summed E-state index contributed by atoms with van der Waals surface area (Å²) in [5, 5.41) is 3.36. The third-order valence-electron chi connectivity index (χ3n) is 7.09. The van der Waals surface area contributed by atoms with Gasteiger partial charge in [-0.25, -0.2) is 8.42 Å². The second-order valence-corrected chi connectivity index (χ2v) is 13.3. The highest BCUT2D eigenvalue weighted by Crippen LogP contribution is 2.33. The molecule has 0 aliphatic carbocycles. The molecule has 0 saturated heterocycles. The van der Waals surface area contributed by atoms with E-state index in [9.17, 15) is 18.0 Å². The number of halogens is 1. The molecule has 3 rings (SSSR count). The Morgan fingerprint density at radius 1 is 0.932 bits per heavy atom. The number of amides is 2. The van der Waals surface area contributed by atoms with E-state index in [-0.39, 0.29) is 29.0 Å². The topological polar surface area (TPSA) is 105 Å². The Bertz CT molecular complexity index is 1560. The van der Waals surface area contributed by atoms with Gasteiger partial charge in [-0.1, -0.05) is 56.6 Å². The summed E-state index contributed by atoms with van der Waals surface area (Å²) in [4.78, 5) is 29.0. The molecule has 9 nitrogen and oxygen atoms in total. The van der Waals surface area contributed by atoms with E-state index in [1.807, 2.05) is 40.7 Å². The summed E-state index contributed by atoms with van der Waals surface area (Å²) in [6.07, 6.45) is 0.312. The van der Waals surface area contributed by atoms with Crippen LogP contribution in [0.3, 0.4) is 0 Å². The van der Waals surface area contributed by atoms with Crippen molar-refractivity contribution in [3.63, 3.8) is 0 Å². The fourth-order valence-electron chi connectivity index (χ4n) is 4.88. The van der Waals surface area contributed by atoms with E-state index in [1.54, 1.807) is 36.4 Å². The maximum atomic E-state index is 14.3. The zero-order valence-electron chi connectivity index (χ0n) is 26.4. The van der Waals surface area contributed by atoms with Crippen LogP contribution in [0.25, 0.3) is 0 Å². The fourth-order valence-corrected chi connectivity index (χ4v) is 6.49. The third-order valence-corrected chi connectivity index (χ3v) is 9.22. The average molecular weight is 644 g/mol. The van der Waals surface area contributed by atoms with Gasteiger partial charge in [0.15, 0.2) is 11.5 Å². The molecule has 0 fully saturated rings. The number of hydrogen-bond donors (Lipinski definition) is 1. The Morgan fingerprint density at radius 2 is 1.57 bits per heavy atom. The van der Waals surface area contributed by atoms with E-state index in [4.69, 9.17) is 21.1 Å². The van der Waals surface area contributed by atoms with Crippen LogP contribution in [-0.2, 0) is 26.2 Å². The smallest absolute Gasteiger partial charge is 0.264 e. The molecule has 3 aromatic rings. The van der Waals surface area contributed by atoms with E-state index < -0.39 is 28.5 Å². The van der Waals surface area contributed by atoms with Crippen molar-refractivity contribution in [2.45, 2.75) is 58.5 Å². The molecule has 0 saturated carbocycles. The van der Waals surface area contributed by atoms with Crippen LogP contribution in [0.4, 0.5) is 5.69 Å². The first-order chi connectivity index (χ1) is 20.8. The van der Waals surface area contributed by atoms with Gasteiger partial charge in [0.1, 0.15) is 12.6 Å². The van der Waals surface area contributed by atoms with Crippen LogP contribution in [-0.4, -0.2) is 58.5 Å². The molecule has 0 aliphatic rings. The first-order valence-electron chi connectivity index (χ1n) is 14.5. The first kappa shape index (κ1) is 34.7. The molecule has 238 valence electrons. The Labute approximate surface area is 266 Å². The van der Waals surface area contributed by atoms with E-state index in [0.717, 1.165) is 15.4 Å². The monoisotopic (exact) mass is 643 g/mol. The number of methoxy groups -OCH3 is 2. The van der Waals surface area contributed by atoms with Crippen molar-refractivity contribution >= 4 is 39.1 Å². The molecule has 1 N–H and O–H groups in total. The Kier molecular flexibility index (Phi) is 12.1. The minimum Gasteiger partial charge on any atom is -0.493 e. The van der Waals surface area contributed by atoms with Crippen LogP contribution in [0, 0.1) is 19.8 Å². The summed E-state index contributed by atoms with van der Waals surface area (Å²) in [6, 6.07) is 15.8. The van der Waals surface area contributed by atoms with Gasteiger partial charge in [-0.15, -0.1) is 0 Å². The number of anilines is 1. The molecule has 0 radical (unpaired) electrons. The van der Waals surface area contributed by atoms with Gasteiger partial charge < -0.3 is 19.7 Å². The molecule has 11 heteroatoms. The number of nitrogens with one attached hydrogen (secondary N) is 1. The van der Waals surface area contributed by atoms with Gasteiger partial charge in [-0.3, -0.25) is 13.9 Å². The highest BCUT2D eigenvalue weighted by Gasteiger charge is 2.34. The average Bonchev–Trinajstić information content (AvgIpc) is 2.98. The second kappa shape index (κ2) is 15.3. The van der Waals surface area contributed by atoms with Crippen LogP contribution < -0.4 is 19.1 Å². The lowest BCUT2D eigenvalue weighted by Crippen LogP contribution is -2.52. The number of carbonyl (C=O) groups excluding carboxylic acids is 2. The molecule has 1 atom stereocenters. The van der Waals surface area contributed by atoms with Crippen molar-refractivity contribution < 1.29 is 27.5 Å². The number of rotatable bonds is 14. The highest BCUT2D eigenvalue weighted by molar-refractivity contribution is 7.92. The number of nitrogens with zero attached hydrogens (tertiary/aromatic N) is 2. The van der Waals surface area contributed by atoms with Gasteiger partial charge in [-0.2, -0.15) is 0 Å². The van der Waals surface area contributed by atoms with Crippen molar-refractivity contribution in [2.24, 2.45) is 5.92 Å². The van der Waals surface area contributed by atoms with Crippen LogP contribution in [0.2, 0.25) is 5.02 Å². The predicted octanol–water partition coefficient (Wildman–Crippen LogP) is 5.75. The van der Waals surface area contributed by atoms with E-state index in [1.165, 1.54) is 37.3 Å². The van der Waals surface area contributed by atoms with E-state index in [0.29, 0.717) is 35.0 Å². The van der Waals surface area contributed by atoms with Gasteiger partial charge in [0.2, 0.25) is 11.8 Å². The molecule has 2 amide bonds. The standard InChI is InChI=1S/C33H42ClN3O6S/c1-8-29(33(39)35-19-22(2)3)36(20-25-11-9-10-12-28(25)34)32(38)21-37(26-16-23(4)15-24(5)17-26)44(40,41)27-13-14-30(42-6)31(18-27)43-7/h9-18,22,29H,8,19-21H2,1-7H3,(H,35,39)/t29-/m0/s1. The van der Waals surface area contributed by atoms with Gasteiger partial charge in [-0.05, 0) is 73.2 Å². The number of aryl methyl sites for hydroxylation is 2. The molecule has 44 heavy (non-hydrogen) atoms. The summed E-state index contributed by atoms with van der Waals surface area (Å²) in [6.45, 7) is 9.38. The SMILES string of the molecule is CC[C@@H](C(=O)NCC(C)C)N(Cc1ccccc1Cl)C(=O)CN(c1cc(C)cc(C)c1)S(=O)(=O)c1ccc(OC)c(OC)c1. The van der Waals surface area contributed by atoms with Crippen LogP contribution >= 0.6 is 11.6 Å². The van der Waals surface area contributed by atoms with E-state index >= 15 is 0 Å². The number of benzene rings is 3. The summed E-state index contributed by atoms with van der Waals surface area (Å²) in [5.74, 6) is -0.0732. The Morgan fingerprint density at radius 3 is 2.14 bits per heavy atom. The van der Waals surface area contributed by atoms with Crippen molar-refractivity contribution in [3.05, 3.63) is 82.4 Å². The number of hydrogen-bond acceptors (Lipinski definition) is 6.